The van der Waals surface area contributed by atoms with Crippen LogP contribution in [0.25, 0.3) is 11.3 Å². The van der Waals surface area contributed by atoms with Crippen molar-refractivity contribution >= 4 is 5.95 Å². The van der Waals surface area contributed by atoms with Crippen molar-refractivity contribution in [1.82, 2.24) is 24.4 Å². The maximum Gasteiger partial charge on any atom is 0.225 e. The summed E-state index contributed by atoms with van der Waals surface area (Å²) in [5.74, 6) is -0.114. The van der Waals surface area contributed by atoms with Gasteiger partial charge in [-0.05, 0) is 32.0 Å². The van der Waals surface area contributed by atoms with Gasteiger partial charge in [0, 0.05) is 31.7 Å². The van der Waals surface area contributed by atoms with Gasteiger partial charge in [0.25, 0.3) is 0 Å². The predicted octanol–water partition coefficient (Wildman–Crippen LogP) is 3.06. The molecule has 0 amide bonds. The first-order chi connectivity index (χ1) is 14.0. The van der Waals surface area contributed by atoms with Gasteiger partial charge in [0.2, 0.25) is 5.95 Å². The summed E-state index contributed by atoms with van der Waals surface area (Å²) in [5.41, 5.74) is 2.70. The zero-order valence-corrected chi connectivity index (χ0v) is 16.2. The highest BCUT2D eigenvalue weighted by Crippen LogP contribution is 2.39. The van der Waals surface area contributed by atoms with Gasteiger partial charge in [-0.2, -0.15) is 0 Å². The maximum atomic E-state index is 13.8. The third-order valence-electron chi connectivity index (χ3n) is 6.04. The number of aromatic nitrogens is 4. The quantitative estimate of drug-likeness (QED) is 0.666. The average Bonchev–Trinajstić information content (AvgIpc) is 3.14. The fourth-order valence-electron chi connectivity index (χ4n) is 4.69. The number of halogens is 2. The van der Waals surface area contributed by atoms with Crippen molar-refractivity contribution in [2.24, 2.45) is 0 Å². The second kappa shape index (κ2) is 6.88. The van der Waals surface area contributed by atoms with Crippen LogP contribution in [-0.2, 0) is 12.1 Å². The number of rotatable bonds is 2. The highest BCUT2D eigenvalue weighted by atomic mass is 19.1. The van der Waals surface area contributed by atoms with Gasteiger partial charge in [0.05, 0.1) is 35.6 Å². The smallest absolute Gasteiger partial charge is 0.225 e. The van der Waals surface area contributed by atoms with Crippen molar-refractivity contribution in [1.29, 1.82) is 0 Å². The minimum Gasteiger partial charge on any atom is -0.341 e. The topological polar surface area (TPSA) is 50.1 Å². The number of imidazole rings is 1. The van der Waals surface area contributed by atoms with E-state index in [9.17, 15) is 8.78 Å². The number of nitrogens with zero attached hydrogens (tertiary/aromatic N) is 6. The lowest BCUT2D eigenvalue weighted by Crippen LogP contribution is -2.55. The van der Waals surface area contributed by atoms with E-state index in [1.165, 1.54) is 18.5 Å². The number of benzene rings is 1. The minimum absolute atomic E-state index is 0.0720. The summed E-state index contributed by atoms with van der Waals surface area (Å²) in [5, 5.41) is 0. The zero-order chi connectivity index (χ0) is 20.0. The van der Waals surface area contributed by atoms with Crippen LogP contribution in [-0.4, -0.2) is 51.1 Å². The van der Waals surface area contributed by atoms with Crippen LogP contribution in [0.5, 0.6) is 0 Å². The Morgan fingerprint density at radius 3 is 2.48 bits per heavy atom. The number of fused-ring (bicyclic) bond motifs is 2. The fraction of sp³-hybridized carbons (Fsp3) is 0.381. The third kappa shape index (κ3) is 3.17. The first-order valence-electron chi connectivity index (χ1n) is 9.78. The fourth-order valence-corrected chi connectivity index (χ4v) is 4.69. The van der Waals surface area contributed by atoms with Gasteiger partial charge in [0.1, 0.15) is 5.82 Å². The standard InChI is InChI=1S/C21H22F2N6/c1-27-12-18-19(15-3-2-4-16(22)9-15)26-14-29(18)21(13-27)5-7-28(8-6-21)20-24-10-17(23)11-25-20/h2-4,9-11,14H,5-8,12-13H2,1H3. The molecule has 0 atom stereocenters. The lowest BCUT2D eigenvalue weighted by atomic mass is 9.84. The molecule has 2 aliphatic rings. The molecule has 0 bridgehead atoms. The highest BCUT2D eigenvalue weighted by molar-refractivity contribution is 5.62. The average molecular weight is 396 g/mol. The molecule has 6 nitrogen and oxygen atoms in total. The first kappa shape index (κ1) is 18.2. The third-order valence-corrected chi connectivity index (χ3v) is 6.04. The van der Waals surface area contributed by atoms with Crippen LogP contribution in [0.2, 0.25) is 0 Å². The number of hydrogen-bond donors (Lipinski definition) is 0. The van der Waals surface area contributed by atoms with Gasteiger partial charge < -0.3 is 9.47 Å². The van der Waals surface area contributed by atoms with E-state index in [-0.39, 0.29) is 11.4 Å². The van der Waals surface area contributed by atoms with E-state index < -0.39 is 5.82 Å². The Morgan fingerprint density at radius 2 is 1.76 bits per heavy atom. The summed E-state index contributed by atoms with van der Waals surface area (Å²) in [6.45, 7) is 3.27. The molecule has 1 saturated heterocycles. The molecule has 3 aromatic rings. The van der Waals surface area contributed by atoms with Gasteiger partial charge in [-0.1, -0.05) is 12.1 Å². The molecule has 4 heterocycles. The molecule has 0 saturated carbocycles. The van der Waals surface area contributed by atoms with E-state index in [0.29, 0.717) is 5.95 Å². The summed E-state index contributed by atoms with van der Waals surface area (Å²) in [6.07, 6.45) is 6.14. The lowest BCUT2D eigenvalue weighted by molar-refractivity contribution is 0.102. The second-order valence-electron chi connectivity index (χ2n) is 8.01. The molecule has 0 N–H and O–H groups in total. The van der Waals surface area contributed by atoms with E-state index in [4.69, 9.17) is 0 Å². The van der Waals surface area contributed by atoms with Gasteiger partial charge in [-0.25, -0.2) is 23.7 Å². The van der Waals surface area contributed by atoms with Crippen molar-refractivity contribution < 1.29 is 8.78 Å². The summed E-state index contributed by atoms with van der Waals surface area (Å²) < 4.78 is 29.2. The molecule has 150 valence electrons. The molecule has 0 radical (unpaired) electrons. The Bertz CT molecular complexity index is 1020. The SMILES string of the molecule is CN1Cc2c(-c3cccc(F)c3)ncn2C2(CCN(c3ncc(F)cn3)CC2)C1. The summed E-state index contributed by atoms with van der Waals surface area (Å²) >= 11 is 0. The molecule has 1 spiro atoms. The molecule has 1 fully saturated rings. The van der Waals surface area contributed by atoms with Crippen molar-refractivity contribution in [3.63, 3.8) is 0 Å². The van der Waals surface area contributed by atoms with E-state index in [1.54, 1.807) is 12.1 Å². The van der Waals surface area contributed by atoms with Gasteiger partial charge in [-0.3, -0.25) is 4.90 Å². The largest absolute Gasteiger partial charge is 0.341 e. The lowest BCUT2D eigenvalue weighted by Gasteiger charge is -2.48. The molecule has 0 aliphatic carbocycles. The molecule has 8 heteroatoms. The van der Waals surface area contributed by atoms with Crippen LogP contribution < -0.4 is 4.90 Å². The Hall–Kier alpha value is -2.87. The van der Waals surface area contributed by atoms with Crippen molar-refractivity contribution in [2.45, 2.75) is 24.9 Å². The van der Waals surface area contributed by atoms with Gasteiger partial charge in [-0.15, -0.1) is 0 Å². The van der Waals surface area contributed by atoms with Crippen molar-refractivity contribution in [3.8, 4) is 11.3 Å². The van der Waals surface area contributed by atoms with Crippen LogP contribution in [0.1, 0.15) is 18.5 Å². The Kier molecular flexibility index (Phi) is 4.31. The summed E-state index contributed by atoms with van der Waals surface area (Å²) in [7, 11) is 2.11. The number of anilines is 1. The summed E-state index contributed by atoms with van der Waals surface area (Å²) in [4.78, 5) is 17.3. The molecular weight excluding hydrogens is 374 g/mol. The Balaban J connectivity index is 1.45. The van der Waals surface area contributed by atoms with E-state index in [1.807, 2.05) is 12.4 Å². The van der Waals surface area contributed by atoms with Gasteiger partial charge >= 0.3 is 0 Å². The molecule has 2 aliphatic heterocycles. The van der Waals surface area contributed by atoms with E-state index in [2.05, 4.69) is 36.4 Å². The van der Waals surface area contributed by atoms with Crippen LogP contribution in [0.15, 0.2) is 43.0 Å². The predicted molar refractivity (Wildman–Crippen MR) is 105 cm³/mol. The zero-order valence-electron chi connectivity index (χ0n) is 16.2. The molecule has 5 rings (SSSR count). The Labute approximate surface area is 167 Å². The van der Waals surface area contributed by atoms with Crippen LogP contribution in [0, 0.1) is 11.6 Å². The molecule has 29 heavy (non-hydrogen) atoms. The van der Waals surface area contributed by atoms with Crippen LogP contribution in [0.4, 0.5) is 14.7 Å². The van der Waals surface area contributed by atoms with Crippen LogP contribution in [0.3, 0.4) is 0 Å². The maximum absolute atomic E-state index is 13.8. The number of likely N-dealkylation sites (N-methyl/N-ethyl adjacent to an activating group) is 1. The van der Waals surface area contributed by atoms with Crippen molar-refractivity contribution in [2.75, 3.05) is 31.6 Å². The van der Waals surface area contributed by atoms with Crippen molar-refractivity contribution in [3.05, 3.63) is 60.3 Å². The summed E-state index contributed by atoms with van der Waals surface area (Å²) in [6, 6.07) is 6.62. The molecule has 0 unspecified atom stereocenters. The monoisotopic (exact) mass is 396 g/mol. The van der Waals surface area contributed by atoms with Crippen LogP contribution >= 0.6 is 0 Å². The second-order valence-corrected chi connectivity index (χ2v) is 8.01. The normalized spacial score (nSPS) is 18.8. The van der Waals surface area contributed by atoms with E-state index in [0.717, 1.165) is 56.0 Å². The molecule has 2 aromatic heterocycles. The minimum atomic E-state index is -0.427. The Morgan fingerprint density at radius 1 is 1.00 bits per heavy atom. The number of piperidine rings is 1. The molecular formula is C21H22F2N6. The van der Waals surface area contributed by atoms with E-state index >= 15 is 0 Å². The van der Waals surface area contributed by atoms with Gasteiger partial charge in [0.15, 0.2) is 5.82 Å². The first-order valence-corrected chi connectivity index (χ1v) is 9.78. The molecule has 1 aromatic carbocycles. The number of hydrogen-bond acceptors (Lipinski definition) is 5. The highest BCUT2D eigenvalue weighted by Gasteiger charge is 2.42.